The number of nitrogens with zero attached hydrogens (tertiary/aromatic N) is 1. The Balaban J connectivity index is 1.41. The van der Waals surface area contributed by atoms with Crippen molar-refractivity contribution in [2.45, 2.75) is 50.8 Å². The predicted molar refractivity (Wildman–Crippen MR) is 114 cm³/mol. The third kappa shape index (κ3) is 3.53. The summed E-state index contributed by atoms with van der Waals surface area (Å²) in [5, 5.41) is 7.25. The maximum atomic E-state index is 12.9. The monoisotopic (exact) mass is 409 g/mol. The molecule has 2 N–H and O–H groups in total. The summed E-state index contributed by atoms with van der Waals surface area (Å²) in [7, 11) is 0. The molecule has 0 bridgehead atoms. The Bertz CT molecular complexity index is 1000. The van der Waals surface area contributed by atoms with Crippen molar-refractivity contribution in [2.24, 2.45) is 0 Å². The van der Waals surface area contributed by atoms with Crippen LogP contribution in [0.5, 0.6) is 5.75 Å². The molecule has 5 nitrogen and oxygen atoms in total. The highest BCUT2D eigenvalue weighted by Gasteiger charge is 2.34. The molecule has 3 atom stereocenters. The second-order valence-corrected chi connectivity index (χ2v) is 8.60. The molecular formula is C23H24ClN3O2. The van der Waals surface area contributed by atoms with Gasteiger partial charge in [0.05, 0.1) is 5.69 Å². The molecule has 29 heavy (non-hydrogen) atoms. The lowest BCUT2D eigenvalue weighted by Gasteiger charge is -2.29. The van der Waals surface area contributed by atoms with Crippen LogP contribution in [-0.4, -0.2) is 35.6 Å². The largest absolute Gasteiger partial charge is 0.479 e. The topological polar surface area (TPSA) is 63.2 Å². The van der Waals surface area contributed by atoms with E-state index in [1.54, 1.807) is 0 Å². The Labute approximate surface area is 175 Å². The number of amides is 1. The fourth-order valence-electron chi connectivity index (χ4n) is 4.62. The zero-order valence-electron chi connectivity index (χ0n) is 16.4. The van der Waals surface area contributed by atoms with Crippen molar-refractivity contribution in [3.05, 3.63) is 52.3 Å². The normalized spacial score (nSPS) is 24.7. The summed E-state index contributed by atoms with van der Waals surface area (Å²) in [6, 6.07) is 6.45. The first kappa shape index (κ1) is 18.6. The SMILES string of the molecule is C[C@@H]1C[C@H](NC(=O)C2Cc3cc(Cl)cc(-c4ccnc5c4C=CC5)c3O2)CCN1. The van der Waals surface area contributed by atoms with Crippen molar-refractivity contribution in [3.63, 3.8) is 0 Å². The van der Waals surface area contributed by atoms with Gasteiger partial charge in [-0.3, -0.25) is 9.78 Å². The summed E-state index contributed by atoms with van der Waals surface area (Å²) in [4.78, 5) is 17.4. The number of hydrogen-bond donors (Lipinski definition) is 2. The van der Waals surface area contributed by atoms with Crippen LogP contribution in [0.3, 0.4) is 0 Å². The van der Waals surface area contributed by atoms with Crippen LogP contribution >= 0.6 is 11.6 Å². The molecule has 2 aliphatic heterocycles. The highest BCUT2D eigenvalue weighted by atomic mass is 35.5. The van der Waals surface area contributed by atoms with E-state index in [9.17, 15) is 4.79 Å². The van der Waals surface area contributed by atoms with E-state index in [-0.39, 0.29) is 11.9 Å². The number of carbonyl (C=O) groups excluding carboxylic acids is 1. The Morgan fingerprint density at radius 2 is 2.24 bits per heavy atom. The molecule has 2 aromatic rings. The van der Waals surface area contributed by atoms with Gasteiger partial charge >= 0.3 is 0 Å². The number of fused-ring (bicyclic) bond motifs is 2. The zero-order chi connectivity index (χ0) is 20.0. The molecular weight excluding hydrogens is 386 g/mol. The van der Waals surface area contributed by atoms with Crippen LogP contribution in [0.2, 0.25) is 5.02 Å². The van der Waals surface area contributed by atoms with E-state index in [1.165, 1.54) is 0 Å². The van der Waals surface area contributed by atoms with E-state index >= 15 is 0 Å². The third-order valence-corrected chi connectivity index (χ3v) is 6.24. The van der Waals surface area contributed by atoms with Gasteiger partial charge in [-0.2, -0.15) is 0 Å². The molecule has 1 aromatic heterocycles. The number of hydrogen-bond acceptors (Lipinski definition) is 4. The van der Waals surface area contributed by atoms with Crippen molar-refractivity contribution < 1.29 is 9.53 Å². The molecule has 3 heterocycles. The summed E-state index contributed by atoms with van der Waals surface area (Å²) in [6.45, 7) is 3.08. The van der Waals surface area contributed by atoms with Gasteiger partial charge in [0.25, 0.3) is 5.91 Å². The Morgan fingerprint density at radius 1 is 1.34 bits per heavy atom. The van der Waals surface area contributed by atoms with Crippen LogP contribution in [0.15, 0.2) is 30.5 Å². The number of ether oxygens (including phenoxy) is 1. The molecule has 1 aromatic carbocycles. The maximum Gasteiger partial charge on any atom is 0.261 e. The number of aromatic nitrogens is 1. The van der Waals surface area contributed by atoms with Crippen LogP contribution < -0.4 is 15.4 Å². The van der Waals surface area contributed by atoms with Crippen molar-refractivity contribution in [1.82, 2.24) is 15.6 Å². The van der Waals surface area contributed by atoms with Gasteiger partial charge < -0.3 is 15.4 Å². The molecule has 0 radical (unpaired) electrons. The molecule has 0 saturated carbocycles. The summed E-state index contributed by atoms with van der Waals surface area (Å²) in [5.74, 6) is 0.726. The minimum atomic E-state index is -0.516. The Kier molecular flexibility index (Phi) is 4.80. The van der Waals surface area contributed by atoms with Crippen LogP contribution in [0.1, 0.15) is 36.6 Å². The van der Waals surface area contributed by atoms with Crippen LogP contribution in [-0.2, 0) is 17.6 Å². The summed E-state index contributed by atoms with van der Waals surface area (Å²) in [6.07, 6.45) is 8.79. The summed E-state index contributed by atoms with van der Waals surface area (Å²) < 4.78 is 6.21. The first-order chi connectivity index (χ1) is 14.1. The van der Waals surface area contributed by atoms with Gasteiger partial charge in [-0.25, -0.2) is 0 Å². The molecule has 6 heteroatoms. The predicted octanol–water partition coefficient (Wildman–Crippen LogP) is 3.53. The lowest BCUT2D eigenvalue weighted by atomic mass is 9.97. The zero-order valence-corrected chi connectivity index (χ0v) is 17.1. The molecule has 1 unspecified atom stereocenters. The minimum absolute atomic E-state index is 0.0396. The van der Waals surface area contributed by atoms with Gasteiger partial charge in [0.15, 0.2) is 6.10 Å². The molecule has 1 aliphatic carbocycles. The van der Waals surface area contributed by atoms with E-state index in [1.807, 2.05) is 24.4 Å². The molecule has 1 amide bonds. The molecule has 150 valence electrons. The number of halogens is 1. The first-order valence-corrected chi connectivity index (χ1v) is 10.6. The van der Waals surface area contributed by atoms with E-state index in [0.717, 1.165) is 59.5 Å². The first-order valence-electron chi connectivity index (χ1n) is 10.3. The second kappa shape index (κ2) is 7.47. The maximum absolute atomic E-state index is 12.9. The van der Waals surface area contributed by atoms with Crippen LogP contribution in [0.4, 0.5) is 0 Å². The van der Waals surface area contributed by atoms with E-state index in [0.29, 0.717) is 17.5 Å². The molecule has 3 aliphatic rings. The number of rotatable bonds is 3. The highest BCUT2D eigenvalue weighted by Crippen LogP contribution is 2.43. The summed E-state index contributed by atoms with van der Waals surface area (Å²) >= 11 is 6.43. The fraction of sp³-hybridized carbons (Fsp3) is 0.391. The average molecular weight is 410 g/mol. The van der Waals surface area contributed by atoms with Crippen molar-refractivity contribution >= 4 is 23.6 Å². The quantitative estimate of drug-likeness (QED) is 0.814. The van der Waals surface area contributed by atoms with Gasteiger partial charge in [-0.05, 0) is 50.1 Å². The van der Waals surface area contributed by atoms with E-state index in [2.05, 4.69) is 34.7 Å². The second-order valence-electron chi connectivity index (χ2n) is 8.16. The van der Waals surface area contributed by atoms with Gasteiger partial charge in [0.2, 0.25) is 0 Å². The minimum Gasteiger partial charge on any atom is -0.479 e. The molecule has 5 rings (SSSR count). The number of piperidine rings is 1. The van der Waals surface area contributed by atoms with E-state index in [4.69, 9.17) is 16.3 Å². The van der Waals surface area contributed by atoms with Gasteiger partial charge in [0.1, 0.15) is 5.75 Å². The van der Waals surface area contributed by atoms with E-state index < -0.39 is 6.10 Å². The van der Waals surface area contributed by atoms with Gasteiger partial charge in [-0.15, -0.1) is 0 Å². The van der Waals surface area contributed by atoms with Crippen LogP contribution in [0, 0.1) is 0 Å². The summed E-state index contributed by atoms with van der Waals surface area (Å²) in [5.41, 5.74) is 5.14. The number of allylic oxidation sites excluding steroid dienone is 1. The Hall–Kier alpha value is -2.37. The average Bonchev–Trinajstić information content (AvgIpc) is 3.34. The number of benzene rings is 1. The van der Waals surface area contributed by atoms with Gasteiger partial charge in [0, 0.05) is 52.8 Å². The molecule has 0 spiro atoms. The number of nitrogens with one attached hydrogen (secondary N) is 2. The smallest absolute Gasteiger partial charge is 0.261 e. The lowest BCUT2D eigenvalue weighted by Crippen LogP contribution is -2.49. The lowest BCUT2D eigenvalue weighted by molar-refractivity contribution is -0.128. The van der Waals surface area contributed by atoms with Crippen molar-refractivity contribution in [2.75, 3.05) is 6.54 Å². The number of pyridine rings is 1. The van der Waals surface area contributed by atoms with Gasteiger partial charge in [-0.1, -0.05) is 23.8 Å². The van der Waals surface area contributed by atoms with Crippen LogP contribution in [0.25, 0.3) is 17.2 Å². The Morgan fingerprint density at radius 3 is 3.10 bits per heavy atom. The molecule has 1 saturated heterocycles. The fourth-order valence-corrected chi connectivity index (χ4v) is 4.86. The molecule has 1 fully saturated rings. The third-order valence-electron chi connectivity index (χ3n) is 6.02. The van der Waals surface area contributed by atoms with Crippen molar-refractivity contribution in [1.29, 1.82) is 0 Å². The highest BCUT2D eigenvalue weighted by molar-refractivity contribution is 6.31. The number of carbonyl (C=O) groups is 1. The van der Waals surface area contributed by atoms with Crippen molar-refractivity contribution in [3.8, 4) is 16.9 Å². The standard InChI is InChI=1S/C23H24ClN3O2/c1-13-9-16(5-7-25-13)27-23(28)21-11-14-10-15(24)12-19(22(14)29-21)17-6-8-26-20-4-2-3-18(17)20/h2-3,6,8,10,12-13,16,21,25H,4-5,7,9,11H2,1H3,(H,27,28)/t13-,16-,21?/m1/s1.